The van der Waals surface area contributed by atoms with Gasteiger partial charge in [-0.1, -0.05) is 0 Å². The Balaban J connectivity index is 0.000000168. The summed E-state index contributed by atoms with van der Waals surface area (Å²) in [5.74, 6) is -2.76. The third-order valence-electron chi connectivity index (χ3n) is 2.29. The molecule has 0 saturated carbocycles. The van der Waals surface area contributed by atoms with Crippen molar-refractivity contribution < 1.29 is 27.8 Å². The van der Waals surface area contributed by atoms with Gasteiger partial charge in [-0.2, -0.15) is 13.2 Å². The fourth-order valence-corrected chi connectivity index (χ4v) is 1.36. The molecule has 1 spiro atoms. The van der Waals surface area contributed by atoms with Gasteiger partial charge in [-0.25, -0.2) is 4.79 Å². The Kier molecular flexibility index (Phi) is 4.11. The second-order valence-electron chi connectivity index (χ2n) is 3.67. The lowest BCUT2D eigenvalue weighted by molar-refractivity contribution is -0.192. The van der Waals surface area contributed by atoms with Gasteiger partial charge in [0.25, 0.3) is 0 Å². The quantitative estimate of drug-likeness (QED) is 0.538. The van der Waals surface area contributed by atoms with Crippen molar-refractivity contribution in [3.63, 3.8) is 0 Å². The number of carboxylic acids is 1. The molecule has 0 bridgehead atoms. The summed E-state index contributed by atoms with van der Waals surface area (Å²) < 4.78 is 37.1. The smallest absolute Gasteiger partial charge is 0.475 e. The van der Waals surface area contributed by atoms with Gasteiger partial charge >= 0.3 is 12.1 Å². The van der Waals surface area contributed by atoms with Crippen LogP contribution >= 0.6 is 0 Å². The van der Waals surface area contributed by atoms with E-state index in [2.05, 4.69) is 10.6 Å². The van der Waals surface area contributed by atoms with Crippen LogP contribution in [0.4, 0.5) is 13.2 Å². The van der Waals surface area contributed by atoms with E-state index >= 15 is 0 Å². The van der Waals surface area contributed by atoms with Gasteiger partial charge in [-0.05, 0) is 0 Å². The molecule has 94 valence electrons. The van der Waals surface area contributed by atoms with E-state index in [1.165, 1.54) is 0 Å². The molecule has 8 heteroatoms. The highest BCUT2D eigenvalue weighted by Gasteiger charge is 2.38. The fourth-order valence-electron chi connectivity index (χ4n) is 1.36. The SMILES string of the molecule is C1COCC2(CNC2)N1.O=C(O)C(F)(F)F. The summed E-state index contributed by atoms with van der Waals surface area (Å²) in [6.07, 6.45) is -5.08. The van der Waals surface area contributed by atoms with Gasteiger partial charge < -0.3 is 20.5 Å². The van der Waals surface area contributed by atoms with Crippen LogP contribution in [0.25, 0.3) is 0 Å². The molecule has 0 aliphatic carbocycles. The molecule has 0 aromatic rings. The molecule has 2 fully saturated rings. The van der Waals surface area contributed by atoms with Gasteiger partial charge in [0.1, 0.15) is 0 Å². The summed E-state index contributed by atoms with van der Waals surface area (Å²) in [6.45, 7) is 4.93. The topological polar surface area (TPSA) is 70.6 Å². The second-order valence-corrected chi connectivity index (χ2v) is 3.67. The largest absolute Gasteiger partial charge is 0.490 e. The van der Waals surface area contributed by atoms with Crippen molar-refractivity contribution in [2.24, 2.45) is 0 Å². The van der Waals surface area contributed by atoms with E-state index in [9.17, 15) is 13.2 Å². The highest BCUT2D eigenvalue weighted by atomic mass is 19.4. The monoisotopic (exact) mass is 242 g/mol. The van der Waals surface area contributed by atoms with Crippen LogP contribution in [0.1, 0.15) is 0 Å². The lowest BCUT2D eigenvalue weighted by Gasteiger charge is -2.45. The van der Waals surface area contributed by atoms with Crippen LogP contribution in [0.2, 0.25) is 0 Å². The maximum Gasteiger partial charge on any atom is 0.490 e. The van der Waals surface area contributed by atoms with E-state index < -0.39 is 12.1 Å². The maximum absolute atomic E-state index is 10.6. The van der Waals surface area contributed by atoms with Gasteiger partial charge in [0, 0.05) is 19.6 Å². The van der Waals surface area contributed by atoms with Crippen LogP contribution in [-0.2, 0) is 9.53 Å². The normalized spacial score (nSPS) is 22.9. The predicted octanol–water partition coefficient (Wildman–Crippen LogP) is -0.418. The molecule has 2 rings (SSSR count). The Morgan fingerprint density at radius 2 is 1.94 bits per heavy atom. The molecular formula is C8H13F3N2O3. The molecule has 0 aromatic carbocycles. The van der Waals surface area contributed by atoms with E-state index in [4.69, 9.17) is 14.6 Å². The van der Waals surface area contributed by atoms with Crippen molar-refractivity contribution in [3.8, 4) is 0 Å². The summed E-state index contributed by atoms with van der Waals surface area (Å²) in [6, 6.07) is 0. The molecule has 0 atom stereocenters. The van der Waals surface area contributed by atoms with Crippen molar-refractivity contribution in [2.45, 2.75) is 11.7 Å². The van der Waals surface area contributed by atoms with Gasteiger partial charge in [0.15, 0.2) is 0 Å². The molecule has 2 heterocycles. The van der Waals surface area contributed by atoms with Gasteiger partial charge in [-0.3, -0.25) is 0 Å². The minimum absolute atomic E-state index is 0.318. The summed E-state index contributed by atoms with van der Waals surface area (Å²) in [5, 5.41) is 13.8. The summed E-state index contributed by atoms with van der Waals surface area (Å²) >= 11 is 0. The zero-order chi connectivity index (χ0) is 12.2. The van der Waals surface area contributed by atoms with Crippen LogP contribution in [0, 0.1) is 0 Å². The Hall–Kier alpha value is -0.860. The first-order valence-electron chi connectivity index (χ1n) is 4.69. The number of hydrogen-bond acceptors (Lipinski definition) is 4. The van der Waals surface area contributed by atoms with Crippen molar-refractivity contribution >= 4 is 5.97 Å². The van der Waals surface area contributed by atoms with Crippen molar-refractivity contribution in [1.82, 2.24) is 10.6 Å². The van der Waals surface area contributed by atoms with E-state index in [1.807, 2.05) is 0 Å². The zero-order valence-electron chi connectivity index (χ0n) is 8.43. The first-order chi connectivity index (χ1) is 7.36. The first kappa shape index (κ1) is 13.2. The molecular weight excluding hydrogens is 229 g/mol. The number of aliphatic carboxylic acids is 1. The second kappa shape index (κ2) is 4.98. The van der Waals surface area contributed by atoms with Crippen LogP contribution in [0.5, 0.6) is 0 Å². The molecule has 2 aliphatic heterocycles. The Morgan fingerprint density at radius 1 is 1.38 bits per heavy atom. The Labute approximate surface area is 90.0 Å². The summed E-state index contributed by atoms with van der Waals surface area (Å²) in [5.41, 5.74) is 0.318. The maximum atomic E-state index is 10.6. The average molecular weight is 242 g/mol. The van der Waals surface area contributed by atoms with Crippen molar-refractivity contribution in [3.05, 3.63) is 0 Å². The molecule has 5 nitrogen and oxygen atoms in total. The molecule has 2 aliphatic rings. The van der Waals surface area contributed by atoms with E-state index in [0.717, 1.165) is 32.8 Å². The number of rotatable bonds is 0. The predicted molar refractivity (Wildman–Crippen MR) is 48.1 cm³/mol. The standard InChI is InChI=1S/C6H12N2O.C2HF3O2/c1-2-9-5-6(8-1)3-7-4-6;3-2(4,5)1(6)7/h7-8H,1-5H2;(H,6,7). The van der Waals surface area contributed by atoms with Crippen molar-refractivity contribution in [1.29, 1.82) is 0 Å². The number of carboxylic acid groups (broad SMARTS) is 1. The van der Waals surface area contributed by atoms with Crippen LogP contribution in [0.3, 0.4) is 0 Å². The number of hydrogen-bond donors (Lipinski definition) is 3. The molecule has 0 amide bonds. The molecule has 16 heavy (non-hydrogen) atoms. The molecule has 0 radical (unpaired) electrons. The first-order valence-corrected chi connectivity index (χ1v) is 4.69. The Bertz CT molecular complexity index is 245. The summed E-state index contributed by atoms with van der Waals surface area (Å²) in [4.78, 5) is 8.90. The Morgan fingerprint density at radius 3 is 2.12 bits per heavy atom. The lowest BCUT2D eigenvalue weighted by atomic mass is 9.93. The lowest BCUT2D eigenvalue weighted by Crippen LogP contribution is -2.72. The minimum Gasteiger partial charge on any atom is -0.475 e. The van der Waals surface area contributed by atoms with E-state index in [0.29, 0.717) is 5.54 Å². The third kappa shape index (κ3) is 3.62. The van der Waals surface area contributed by atoms with Crippen LogP contribution < -0.4 is 10.6 Å². The molecule has 2 saturated heterocycles. The number of carbonyl (C=O) groups is 1. The molecule has 3 N–H and O–H groups in total. The number of nitrogens with one attached hydrogen (secondary N) is 2. The van der Waals surface area contributed by atoms with Gasteiger partial charge in [0.2, 0.25) is 0 Å². The number of ether oxygens (including phenoxy) is 1. The van der Waals surface area contributed by atoms with E-state index in [-0.39, 0.29) is 0 Å². The molecule has 0 unspecified atom stereocenters. The fraction of sp³-hybridized carbons (Fsp3) is 0.875. The highest BCUT2D eigenvalue weighted by Crippen LogP contribution is 2.13. The van der Waals surface area contributed by atoms with Gasteiger partial charge in [-0.15, -0.1) is 0 Å². The highest BCUT2D eigenvalue weighted by molar-refractivity contribution is 5.73. The summed E-state index contributed by atoms with van der Waals surface area (Å²) in [7, 11) is 0. The van der Waals surface area contributed by atoms with Crippen LogP contribution in [-0.4, -0.2) is 55.6 Å². The third-order valence-corrected chi connectivity index (χ3v) is 2.29. The minimum atomic E-state index is -5.08. The molecule has 0 aromatic heterocycles. The van der Waals surface area contributed by atoms with Crippen molar-refractivity contribution in [2.75, 3.05) is 32.8 Å². The number of halogens is 3. The van der Waals surface area contributed by atoms with E-state index in [1.54, 1.807) is 0 Å². The number of morpholine rings is 1. The van der Waals surface area contributed by atoms with Crippen LogP contribution in [0.15, 0.2) is 0 Å². The zero-order valence-corrected chi connectivity index (χ0v) is 8.43. The van der Waals surface area contributed by atoms with Gasteiger partial charge in [0.05, 0.1) is 18.8 Å². The number of alkyl halides is 3. The average Bonchev–Trinajstić information content (AvgIpc) is 2.16.